The zero-order valence-corrected chi connectivity index (χ0v) is 16.4. The number of benzene rings is 5. The minimum Gasteiger partial charge on any atom is -0.356 e. The molecule has 0 spiro atoms. The molecule has 0 aliphatic carbocycles. The van der Waals surface area contributed by atoms with Crippen LogP contribution in [0.1, 0.15) is 0 Å². The second-order valence-corrected chi connectivity index (χ2v) is 7.58. The Bertz CT molecular complexity index is 1500. The lowest BCUT2D eigenvalue weighted by Crippen LogP contribution is -1.94. The summed E-state index contributed by atoms with van der Waals surface area (Å²) in [5, 5.41) is 8.58. The number of fused-ring (bicyclic) bond motifs is 5. The Hall–Kier alpha value is -4.04. The molecule has 142 valence electrons. The molecular formula is C28H20N2. The third-order valence-corrected chi connectivity index (χ3v) is 5.73. The molecule has 5 aromatic carbocycles. The maximum atomic E-state index is 3.54. The van der Waals surface area contributed by atoms with Crippen LogP contribution in [0.2, 0.25) is 0 Å². The van der Waals surface area contributed by atoms with Gasteiger partial charge in [0.25, 0.3) is 0 Å². The average Bonchev–Trinajstić information content (AvgIpc) is 3.14. The third kappa shape index (κ3) is 2.66. The summed E-state index contributed by atoms with van der Waals surface area (Å²) in [5.41, 5.74) is 5.83. The molecule has 1 N–H and O–H groups in total. The first-order valence-corrected chi connectivity index (χ1v) is 10.2. The van der Waals surface area contributed by atoms with Crippen molar-refractivity contribution in [2.24, 2.45) is 0 Å². The largest absolute Gasteiger partial charge is 0.356 e. The summed E-state index contributed by atoms with van der Waals surface area (Å²) in [7, 11) is 0. The van der Waals surface area contributed by atoms with E-state index in [9.17, 15) is 0 Å². The van der Waals surface area contributed by atoms with E-state index in [1.807, 2.05) is 18.2 Å². The predicted octanol–water partition coefficient (Wildman–Crippen LogP) is 7.68. The molecule has 0 aliphatic rings. The van der Waals surface area contributed by atoms with E-state index >= 15 is 0 Å². The number of nitrogens with one attached hydrogen (secondary N) is 1. The van der Waals surface area contributed by atoms with Crippen LogP contribution in [0.5, 0.6) is 0 Å². The fourth-order valence-electron chi connectivity index (χ4n) is 4.39. The number of rotatable bonds is 3. The summed E-state index contributed by atoms with van der Waals surface area (Å²) in [5.74, 6) is 0. The van der Waals surface area contributed by atoms with Crippen molar-refractivity contribution in [1.82, 2.24) is 4.57 Å². The molecule has 2 heteroatoms. The van der Waals surface area contributed by atoms with Crippen LogP contribution in [0.4, 0.5) is 11.4 Å². The molecule has 30 heavy (non-hydrogen) atoms. The van der Waals surface area contributed by atoms with Gasteiger partial charge in [-0.05, 0) is 47.9 Å². The van der Waals surface area contributed by atoms with Gasteiger partial charge in [-0.2, -0.15) is 0 Å². The molecule has 0 unspecified atom stereocenters. The Morgan fingerprint density at radius 3 is 2.07 bits per heavy atom. The van der Waals surface area contributed by atoms with Crippen molar-refractivity contribution in [3.8, 4) is 5.69 Å². The quantitative estimate of drug-likeness (QED) is 0.331. The second-order valence-electron chi connectivity index (χ2n) is 7.58. The van der Waals surface area contributed by atoms with E-state index in [2.05, 4.69) is 107 Å². The van der Waals surface area contributed by atoms with E-state index in [4.69, 9.17) is 0 Å². The van der Waals surface area contributed by atoms with Crippen LogP contribution in [-0.2, 0) is 0 Å². The van der Waals surface area contributed by atoms with Gasteiger partial charge in [0.2, 0.25) is 0 Å². The van der Waals surface area contributed by atoms with Gasteiger partial charge in [-0.15, -0.1) is 0 Å². The molecule has 6 rings (SSSR count). The highest BCUT2D eigenvalue weighted by Gasteiger charge is 2.15. The number of hydrogen-bond donors (Lipinski definition) is 1. The van der Waals surface area contributed by atoms with Crippen LogP contribution in [0.25, 0.3) is 38.3 Å². The molecular weight excluding hydrogens is 364 g/mol. The Morgan fingerprint density at radius 2 is 1.23 bits per heavy atom. The molecule has 1 aromatic heterocycles. The lowest BCUT2D eigenvalue weighted by molar-refractivity contribution is 1.19. The Labute approximate surface area is 175 Å². The lowest BCUT2D eigenvalue weighted by Gasteiger charge is -2.10. The summed E-state index contributed by atoms with van der Waals surface area (Å²) >= 11 is 0. The Kier molecular flexibility index (Phi) is 3.82. The van der Waals surface area contributed by atoms with Crippen molar-refractivity contribution in [3.63, 3.8) is 0 Å². The van der Waals surface area contributed by atoms with Gasteiger partial charge in [0.05, 0.1) is 11.0 Å². The molecule has 0 aliphatic heterocycles. The molecule has 0 amide bonds. The number of hydrogen-bond acceptors (Lipinski definition) is 1. The van der Waals surface area contributed by atoms with Crippen molar-refractivity contribution >= 4 is 44.0 Å². The number of anilines is 2. The van der Waals surface area contributed by atoms with Crippen LogP contribution in [0, 0.1) is 0 Å². The second kappa shape index (κ2) is 6.78. The first-order valence-electron chi connectivity index (χ1n) is 10.2. The van der Waals surface area contributed by atoms with E-state index in [0.29, 0.717) is 0 Å². The molecule has 0 fully saturated rings. The van der Waals surface area contributed by atoms with Crippen molar-refractivity contribution < 1.29 is 0 Å². The highest BCUT2D eigenvalue weighted by atomic mass is 15.0. The SMILES string of the molecule is c1ccc(Nc2ccc3c(c2)c2ccc4ccccc4c2n3-c2ccccc2)cc1. The van der Waals surface area contributed by atoms with Crippen LogP contribution in [-0.4, -0.2) is 4.57 Å². The van der Waals surface area contributed by atoms with Gasteiger partial charge in [-0.3, -0.25) is 0 Å². The molecule has 0 bridgehead atoms. The van der Waals surface area contributed by atoms with Gasteiger partial charge in [0, 0.05) is 33.2 Å². The summed E-state index contributed by atoms with van der Waals surface area (Å²) in [4.78, 5) is 0. The number of nitrogens with zero attached hydrogens (tertiary/aromatic N) is 1. The van der Waals surface area contributed by atoms with Crippen molar-refractivity contribution in [3.05, 3.63) is 115 Å². The van der Waals surface area contributed by atoms with Crippen molar-refractivity contribution in [1.29, 1.82) is 0 Å². The maximum absolute atomic E-state index is 3.54. The van der Waals surface area contributed by atoms with Gasteiger partial charge in [-0.25, -0.2) is 0 Å². The van der Waals surface area contributed by atoms with Gasteiger partial charge in [0.15, 0.2) is 0 Å². The fourth-order valence-corrected chi connectivity index (χ4v) is 4.39. The van der Waals surface area contributed by atoms with Gasteiger partial charge < -0.3 is 9.88 Å². The predicted molar refractivity (Wildman–Crippen MR) is 128 cm³/mol. The lowest BCUT2D eigenvalue weighted by atomic mass is 10.1. The monoisotopic (exact) mass is 384 g/mol. The first kappa shape index (κ1) is 16.9. The maximum Gasteiger partial charge on any atom is 0.0619 e. The molecule has 1 heterocycles. The van der Waals surface area contributed by atoms with Gasteiger partial charge in [0.1, 0.15) is 0 Å². The van der Waals surface area contributed by atoms with E-state index in [0.717, 1.165) is 11.4 Å². The van der Waals surface area contributed by atoms with Crippen LogP contribution in [0.3, 0.4) is 0 Å². The minimum absolute atomic E-state index is 1.09. The molecule has 6 aromatic rings. The van der Waals surface area contributed by atoms with Crippen LogP contribution >= 0.6 is 0 Å². The number of aromatic nitrogens is 1. The average molecular weight is 384 g/mol. The normalized spacial score (nSPS) is 11.3. The molecule has 0 radical (unpaired) electrons. The van der Waals surface area contributed by atoms with Crippen LogP contribution < -0.4 is 5.32 Å². The van der Waals surface area contributed by atoms with E-state index < -0.39 is 0 Å². The standard InChI is InChI=1S/C28H20N2/c1-3-10-21(11-4-1)29-22-16-18-27-26(19-22)25-17-15-20-9-7-8-14-24(20)28(25)30(27)23-12-5-2-6-13-23/h1-19,29H. The first-order chi connectivity index (χ1) is 14.9. The Balaban J connectivity index is 1.68. The zero-order valence-electron chi connectivity index (χ0n) is 16.4. The molecule has 2 nitrogen and oxygen atoms in total. The topological polar surface area (TPSA) is 17.0 Å². The van der Waals surface area contributed by atoms with E-state index in [1.165, 1.54) is 38.3 Å². The zero-order chi connectivity index (χ0) is 19.9. The molecule has 0 saturated carbocycles. The highest BCUT2D eigenvalue weighted by molar-refractivity contribution is 6.19. The Morgan fingerprint density at radius 1 is 0.500 bits per heavy atom. The van der Waals surface area contributed by atoms with E-state index in [-0.39, 0.29) is 0 Å². The van der Waals surface area contributed by atoms with Gasteiger partial charge in [-0.1, -0.05) is 72.8 Å². The van der Waals surface area contributed by atoms with E-state index in [1.54, 1.807) is 0 Å². The van der Waals surface area contributed by atoms with Crippen molar-refractivity contribution in [2.75, 3.05) is 5.32 Å². The van der Waals surface area contributed by atoms with Crippen molar-refractivity contribution in [2.45, 2.75) is 0 Å². The summed E-state index contributed by atoms with van der Waals surface area (Å²) in [6.07, 6.45) is 0. The van der Waals surface area contributed by atoms with Crippen LogP contribution in [0.15, 0.2) is 115 Å². The fraction of sp³-hybridized carbons (Fsp3) is 0. The summed E-state index contributed by atoms with van der Waals surface area (Å²) in [6, 6.07) is 40.7. The number of para-hydroxylation sites is 2. The molecule has 0 atom stereocenters. The summed E-state index contributed by atoms with van der Waals surface area (Å²) in [6.45, 7) is 0. The minimum atomic E-state index is 1.09. The summed E-state index contributed by atoms with van der Waals surface area (Å²) < 4.78 is 2.39. The third-order valence-electron chi connectivity index (χ3n) is 5.73. The smallest absolute Gasteiger partial charge is 0.0619 e. The highest BCUT2D eigenvalue weighted by Crippen LogP contribution is 2.37. The molecule has 0 saturated heterocycles. The van der Waals surface area contributed by atoms with Gasteiger partial charge >= 0.3 is 0 Å².